The van der Waals surface area contributed by atoms with Crippen molar-refractivity contribution < 1.29 is 0 Å². The van der Waals surface area contributed by atoms with Gasteiger partial charge in [-0.15, -0.1) is 0 Å². The van der Waals surface area contributed by atoms with Crippen molar-refractivity contribution in [2.75, 3.05) is 9.80 Å². The quantitative estimate of drug-likeness (QED) is 0.177. The molecule has 0 heterocycles. The molecule has 0 N–H and O–H groups in total. The van der Waals surface area contributed by atoms with Crippen LogP contribution in [0.4, 0.5) is 34.1 Å². The number of para-hydroxylation sites is 4. The van der Waals surface area contributed by atoms with Crippen LogP contribution in [-0.2, 0) is 0 Å². The average Bonchev–Trinajstić information content (AvgIpc) is 3.14. The molecule has 0 atom stereocenters. The second-order valence-corrected chi connectivity index (χ2v) is 11.0. The van der Waals surface area contributed by atoms with Crippen LogP contribution in [-0.4, -0.2) is 0 Å². The molecule has 0 saturated carbocycles. The standard InChI is InChI=1S/C43H31N3/c44-32-33-29-36(34-21-25-42(26-22-34)45(38-13-5-1-6-14-38)39-15-7-2-8-16-39)31-37(30-33)35-23-27-43(28-24-35)46(40-17-9-3-10-18-40)41-19-11-4-12-20-41/h1-31H. The highest BCUT2D eigenvalue weighted by molar-refractivity contribution is 5.82. The molecule has 0 unspecified atom stereocenters. The molecule has 0 amide bonds. The van der Waals surface area contributed by atoms with E-state index in [4.69, 9.17) is 0 Å². The summed E-state index contributed by atoms with van der Waals surface area (Å²) >= 11 is 0. The lowest BCUT2D eigenvalue weighted by Crippen LogP contribution is -2.09. The lowest BCUT2D eigenvalue weighted by molar-refractivity contribution is 1.28. The molecule has 0 aliphatic rings. The van der Waals surface area contributed by atoms with Gasteiger partial charge in [0, 0.05) is 34.1 Å². The summed E-state index contributed by atoms with van der Waals surface area (Å²) in [5.41, 5.74) is 11.3. The molecule has 7 aromatic carbocycles. The van der Waals surface area contributed by atoms with E-state index in [1.807, 2.05) is 36.4 Å². The molecule has 46 heavy (non-hydrogen) atoms. The number of anilines is 6. The van der Waals surface area contributed by atoms with E-state index in [-0.39, 0.29) is 0 Å². The Balaban J connectivity index is 1.22. The lowest BCUT2D eigenvalue weighted by atomic mass is 9.96. The first-order valence-electron chi connectivity index (χ1n) is 15.3. The van der Waals surface area contributed by atoms with Crippen LogP contribution >= 0.6 is 0 Å². The molecule has 0 fully saturated rings. The number of benzene rings is 7. The van der Waals surface area contributed by atoms with Gasteiger partial charge < -0.3 is 9.80 Å². The fraction of sp³-hybridized carbons (Fsp3) is 0. The molecule has 0 saturated heterocycles. The third-order valence-electron chi connectivity index (χ3n) is 8.04. The fourth-order valence-electron chi connectivity index (χ4n) is 5.83. The van der Waals surface area contributed by atoms with Crippen LogP contribution in [0.1, 0.15) is 5.56 Å². The molecule has 7 rings (SSSR count). The van der Waals surface area contributed by atoms with E-state index >= 15 is 0 Å². The van der Waals surface area contributed by atoms with Gasteiger partial charge in [0.25, 0.3) is 0 Å². The van der Waals surface area contributed by atoms with E-state index in [2.05, 4.69) is 168 Å². The van der Waals surface area contributed by atoms with E-state index in [1.54, 1.807) is 0 Å². The first kappa shape index (κ1) is 28.4. The zero-order chi connectivity index (χ0) is 31.1. The summed E-state index contributed by atoms with van der Waals surface area (Å²) in [6.45, 7) is 0. The fourth-order valence-corrected chi connectivity index (χ4v) is 5.83. The van der Waals surface area contributed by atoms with Crippen molar-refractivity contribution in [1.82, 2.24) is 0 Å². The Kier molecular flexibility index (Phi) is 8.09. The molecule has 0 radical (unpaired) electrons. The third kappa shape index (κ3) is 6.01. The Morgan fingerprint density at radius 1 is 0.304 bits per heavy atom. The van der Waals surface area contributed by atoms with Crippen molar-refractivity contribution in [2.45, 2.75) is 0 Å². The van der Waals surface area contributed by atoms with Crippen molar-refractivity contribution in [2.24, 2.45) is 0 Å². The molecule has 7 aromatic rings. The zero-order valence-electron chi connectivity index (χ0n) is 25.2. The van der Waals surface area contributed by atoms with Crippen molar-refractivity contribution >= 4 is 34.1 Å². The van der Waals surface area contributed by atoms with Gasteiger partial charge in [0.2, 0.25) is 0 Å². The Labute approximate surface area is 270 Å². The van der Waals surface area contributed by atoms with Crippen molar-refractivity contribution in [1.29, 1.82) is 5.26 Å². The third-order valence-corrected chi connectivity index (χ3v) is 8.04. The zero-order valence-corrected chi connectivity index (χ0v) is 25.2. The minimum Gasteiger partial charge on any atom is -0.311 e. The number of nitrogens with zero attached hydrogens (tertiary/aromatic N) is 3. The molecule has 0 aromatic heterocycles. The highest BCUT2D eigenvalue weighted by atomic mass is 15.1. The van der Waals surface area contributed by atoms with Crippen LogP contribution in [0, 0.1) is 11.3 Å². The van der Waals surface area contributed by atoms with Crippen LogP contribution in [0.2, 0.25) is 0 Å². The van der Waals surface area contributed by atoms with Crippen LogP contribution in [0.25, 0.3) is 22.3 Å². The summed E-state index contributed by atoms with van der Waals surface area (Å²) in [6, 6.07) is 67.1. The van der Waals surface area contributed by atoms with Gasteiger partial charge in [-0.1, -0.05) is 97.1 Å². The lowest BCUT2D eigenvalue weighted by Gasteiger charge is -2.25. The van der Waals surface area contributed by atoms with Crippen molar-refractivity contribution in [3.05, 3.63) is 194 Å². The monoisotopic (exact) mass is 589 g/mol. The van der Waals surface area contributed by atoms with Gasteiger partial charge in [0.05, 0.1) is 11.6 Å². The second-order valence-electron chi connectivity index (χ2n) is 11.0. The molecule has 0 aliphatic heterocycles. The van der Waals surface area contributed by atoms with Gasteiger partial charge >= 0.3 is 0 Å². The first-order chi connectivity index (χ1) is 22.8. The Morgan fingerprint density at radius 3 is 0.870 bits per heavy atom. The Bertz CT molecular complexity index is 1840. The normalized spacial score (nSPS) is 10.6. The van der Waals surface area contributed by atoms with Crippen LogP contribution in [0.3, 0.4) is 0 Å². The van der Waals surface area contributed by atoms with E-state index in [9.17, 15) is 5.26 Å². The maximum Gasteiger partial charge on any atom is 0.0992 e. The van der Waals surface area contributed by atoms with E-state index < -0.39 is 0 Å². The maximum atomic E-state index is 9.95. The summed E-state index contributed by atoms with van der Waals surface area (Å²) in [4.78, 5) is 4.49. The highest BCUT2D eigenvalue weighted by Crippen LogP contribution is 2.38. The minimum absolute atomic E-state index is 0.631. The Hall–Kier alpha value is -6.37. The summed E-state index contributed by atoms with van der Waals surface area (Å²) in [6.07, 6.45) is 0. The van der Waals surface area contributed by atoms with E-state index in [1.165, 1.54) is 0 Å². The van der Waals surface area contributed by atoms with E-state index in [0.29, 0.717) is 5.56 Å². The molecule has 218 valence electrons. The molecule has 0 aliphatic carbocycles. The SMILES string of the molecule is N#Cc1cc(-c2ccc(N(c3ccccc3)c3ccccc3)cc2)cc(-c2ccc(N(c3ccccc3)c3ccccc3)cc2)c1. The van der Waals surface area contributed by atoms with Gasteiger partial charge in [-0.3, -0.25) is 0 Å². The predicted octanol–water partition coefficient (Wildman–Crippen LogP) is 11.8. The van der Waals surface area contributed by atoms with Gasteiger partial charge in [-0.25, -0.2) is 0 Å². The minimum atomic E-state index is 0.631. The molecule has 0 bridgehead atoms. The molecular formula is C43H31N3. The van der Waals surface area contributed by atoms with Crippen molar-refractivity contribution in [3.8, 4) is 28.3 Å². The largest absolute Gasteiger partial charge is 0.311 e. The molecular weight excluding hydrogens is 558 g/mol. The van der Waals surface area contributed by atoms with Crippen LogP contribution < -0.4 is 9.80 Å². The van der Waals surface area contributed by atoms with Crippen LogP contribution in [0.5, 0.6) is 0 Å². The first-order valence-corrected chi connectivity index (χ1v) is 15.3. The summed E-state index contributed by atoms with van der Waals surface area (Å²) in [5, 5.41) is 9.95. The molecule has 3 nitrogen and oxygen atoms in total. The van der Waals surface area contributed by atoms with Crippen LogP contribution in [0.15, 0.2) is 188 Å². The summed E-state index contributed by atoms with van der Waals surface area (Å²) in [5.74, 6) is 0. The number of rotatable bonds is 8. The highest BCUT2D eigenvalue weighted by Gasteiger charge is 2.14. The smallest absolute Gasteiger partial charge is 0.0992 e. The molecule has 3 heteroatoms. The van der Waals surface area contributed by atoms with Gasteiger partial charge in [0.15, 0.2) is 0 Å². The predicted molar refractivity (Wildman–Crippen MR) is 191 cm³/mol. The van der Waals surface area contributed by atoms with Gasteiger partial charge in [-0.05, 0) is 113 Å². The number of nitriles is 1. The average molecular weight is 590 g/mol. The van der Waals surface area contributed by atoms with Gasteiger partial charge in [0.1, 0.15) is 0 Å². The number of hydrogen-bond acceptors (Lipinski definition) is 3. The Morgan fingerprint density at radius 2 is 0.587 bits per heavy atom. The van der Waals surface area contributed by atoms with Crippen molar-refractivity contribution in [3.63, 3.8) is 0 Å². The number of hydrogen-bond donors (Lipinski definition) is 0. The summed E-state index contributed by atoms with van der Waals surface area (Å²) < 4.78 is 0. The molecule has 0 spiro atoms. The summed E-state index contributed by atoms with van der Waals surface area (Å²) in [7, 11) is 0. The topological polar surface area (TPSA) is 30.3 Å². The van der Waals surface area contributed by atoms with Gasteiger partial charge in [-0.2, -0.15) is 5.26 Å². The van der Waals surface area contributed by atoms with E-state index in [0.717, 1.165) is 56.4 Å². The maximum absolute atomic E-state index is 9.95. The second kappa shape index (κ2) is 13.1.